The standard InChI is InChI=1S/C11H6Cl2INO4/c1-2-9(14)19-11(16)10(13)6-3-4-7(12)8(5-6)15(17)18/h1,3-5,9-10H. The van der Waals surface area contributed by atoms with Crippen molar-refractivity contribution in [2.75, 3.05) is 0 Å². The van der Waals surface area contributed by atoms with Gasteiger partial charge in [0.15, 0.2) is 5.38 Å². The molecule has 2 atom stereocenters. The normalized spacial score (nSPS) is 13.2. The Bertz CT molecular complexity index is 558. The van der Waals surface area contributed by atoms with E-state index in [4.69, 9.17) is 34.4 Å². The summed E-state index contributed by atoms with van der Waals surface area (Å²) in [5, 5.41) is 9.49. The van der Waals surface area contributed by atoms with E-state index in [2.05, 4.69) is 5.92 Å². The number of carbonyl (C=O) groups is 1. The molecule has 0 heterocycles. The molecule has 1 aromatic rings. The molecule has 100 valence electrons. The number of terminal acetylenes is 1. The third-order valence-electron chi connectivity index (χ3n) is 2.02. The summed E-state index contributed by atoms with van der Waals surface area (Å²) in [4.78, 5) is 21.7. The maximum absolute atomic E-state index is 11.6. The average molecular weight is 414 g/mol. The van der Waals surface area contributed by atoms with Crippen LogP contribution in [0.4, 0.5) is 5.69 Å². The second-order valence-electron chi connectivity index (χ2n) is 3.25. The van der Waals surface area contributed by atoms with E-state index < -0.39 is 20.4 Å². The zero-order valence-electron chi connectivity index (χ0n) is 9.18. The number of benzene rings is 1. The van der Waals surface area contributed by atoms with Gasteiger partial charge in [-0.2, -0.15) is 0 Å². The molecule has 5 nitrogen and oxygen atoms in total. The molecule has 0 saturated heterocycles. The van der Waals surface area contributed by atoms with Crippen LogP contribution in [0.1, 0.15) is 10.9 Å². The molecule has 0 aliphatic carbocycles. The van der Waals surface area contributed by atoms with Crippen LogP contribution in [0, 0.1) is 22.5 Å². The van der Waals surface area contributed by atoms with E-state index in [-0.39, 0.29) is 16.3 Å². The number of carbonyl (C=O) groups excluding carboxylic acids is 1. The molecular formula is C11H6Cl2INO4. The minimum Gasteiger partial charge on any atom is -0.438 e. The van der Waals surface area contributed by atoms with Gasteiger partial charge in [0.05, 0.1) is 4.92 Å². The first-order chi connectivity index (χ1) is 8.86. The highest BCUT2D eigenvalue weighted by Gasteiger charge is 2.24. The third kappa shape index (κ3) is 4.23. The first-order valence-electron chi connectivity index (χ1n) is 4.75. The lowest BCUT2D eigenvalue weighted by Gasteiger charge is -2.11. The van der Waals surface area contributed by atoms with Crippen LogP contribution in [0.15, 0.2) is 18.2 Å². The minimum absolute atomic E-state index is 0.0404. The molecule has 1 rings (SSSR count). The zero-order chi connectivity index (χ0) is 14.6. The molecule has 0 radical (unpaired) electrons. The van der Waals surface area contributed by atoms with Crippen molar-refractivity contribution in [3.63, 3.8) is 0 Å². The fourth-order valence-electron chi connectivity index (χ4n) is 1.16. The van der Waals surface area contributed by atoms with Crippen molar-refractivity contribution in [3.05, 3.63) is 38.9 Å². The van der Waals surface area contributed by atoms with Crippen molar-refractivity contribution < 1.29 is 14.5 Å². The van der Waals surface area contributed by atoms with Crippen LogP contribution in [0.5, 0.6) is 0 Å². The van der Waals surface area contributed by atoms with Crippen molar-refractivity contribution in [1.82, 2.24) is 0 Å². The second-order valence-corrected chi connectivity index (χ2v) is 5.23. The largest absolute Gasteiger partial charge is 0.438 e. The van der Waals surface area contributed by atoms with E-state index in [0.717, 1.165) is 6.07 Å². The smallest absolute Gasteiger partial charge is 0.330 e. The van der Waals surface area contributed by atoms with E-state index in [9.17, 15) is 14.9 Å². The summed E-state index contributed by atoms with van der Waals surface area (Å²) in [6.07, 6.45) is 5.06. The molecule has 0 fully saturated rings. The van der Waals surface area contributed by atoms with Crippen LogP contribution in [0.3, 0.4) is 0 Å². The summed E-state index contributed by atoms with van der Waals surface area (Å²) in [6.45, 7) is 0. The predicted molar refractivity (Wildman–Crippen MR) is 79.4 cm³/mol. The molecule has 0 saturated carbocycles. The number of esters is 1. The van der Waals surface area contributed by atoms with Crippen molar-refractivity contribution >= 4 is 57.4 Å². The van der Waals surface area contributed by atoms with Gasteiger partial charge in [0.1, 0.15) is 5.02 Å². The Hall–Kier alpha value is -1.04. The highest BCUT2D eigenvalue weighted by molar-refractivity contribution is 14.1. The van der Waals surface area contributed by atoms with Crippen LogP contribution in [-0.2, 0) is 9.53 Å². The number of nitro benzene ring substituents is 1. The molecular weight excluding hydrogens is 408 g/mol. The Balaban J connectivity index is 2.98. The van der Waals surface area contributed by atoms with Gasteiger partial charge >= 0.3 is 5.97 Å². The summed E-state index contributed by atoms with van der Waals surface area (Å²) < 4.78 is 4.07. The lowest BCUT2D eigenvalue weighted by molar-refractivity contribution is -0.384. The fraction of sp³-hybridized carbons (Fsp3) is 0.182. The van der Waals surface area contributed by atoms with E-state index in [1.807, 2.05) is 0 Å². The third-order valence-corrected chi connectivity index (χ3v) is 3.38. The number of alkyl halides is 2. The van der Waals surface area contributed by atoms with Crippen LogP contribution in [0.2, 0.25) is 5.02 Å². The maximum atomic E-state index is 11.6. The van der Waals surface area contributed by atoms with E-state index in [0.29, 0.717) is 0 Å². The van der Waals surface area contributed by atoms with Gasteiger partial charge in [-0.25, -0.2) is 0 Å². The molecule has 19 heavy (non-hydrogen) atoms. The lowest BCUT2D eigenvalue weighted by Crippen LogP contribution is -2.15. The number of nitrogens with zero attached hydrogens (tertiary/aromatic N) is 1. The van der Waals surface area contributed by atoms with Crippen molar-refractivity contribution in [2.45, 2.75) is 9.49 Å². The number of hydrogen-bond acceptors (Lipinski definition) is 4. The molecule has 0 bridgehead atoms. The lowest BCUT2D eigenvalue weighted by atomic mass is 10.1. The highest BCUT2D eigenvalue weighted by Crippen LogP contribution is 2.31. The Labute approximate surface area is 132 Å². The average Bonchev–Trinajstić information content (AvgIpc) is 2.37. The van der Waals surface area contributed by atoms with Crippen LogP contribution >= 0.6 is 45.8 Å². The first kappa shape index (κ1) is 16.0. The van der Waals surface area contributed by atoms with Gasteiger partial charge in [-0.3, -0.25) is 14.9 Å². The Morgan fingerprint density at radius 1 is 1.58 bits per heavy atom. The van der Waals surface area contributed by atoms with E-state index in [1.165, 1.54) is 12.1 Å². The Morgan fingerprint density at radius 3 is 2.74 bits per heavy atom. The quantitative estimate of drug-likeness (QED) is 0.189. The maximum Gasteiger partial charge on any atom is 0.330 e. The minimum atomic E-state index is -1.19. The van der Waals surface area contributed by atoms with Gasteiger partial charge in [0.2, 0.25) is 4.11 Å². The summed E-state index contributed by atoms with van der Waals surface area (Å²) in [6, 6.07) is 3.83. The molecule has 1 aromatic carbocycles. The number of halogens is 3. The molecule has 0 aliphatic rings. The monoisotopic (exact) mass is 413 g/mol. The molecule has 0 aromatic heterocycles. The SMILES string of the molecule is C#CC(I)OC(=O)C(Cl)c1ccc(Cl)c([N+](=O)[O-])c1. The van der Waals surface area contributed by atoms with Gasteiger partial charge in [0.25, 0.3) is 5.69 Å². The first-order valence-corrected chi connectivity index (χ1v) is 6.81. The van der Waals surface area contributed by atoms with E-state index in [1.54, 1.807) is 22.6 Å². The molecule has 8 heteroatoms. The molecule has 0 amide bonds. The highest BCUT2D eigenvalue weighted by atomic mass is 127. The molecule has 0 spiro atoms. The van der Waals surface area contributed by atoms with Crippen LogP contribution in [0.25, 0.3) is 0 Å². The fourth-order valence-corrected chi connectivity index (χ4v) is 1.78. The van der Waals surface area contributed by atoms with Gasteiger partial charge in [-0.15, -0.1) is 18.0 Å². The van der Waals surface area contributed by atoms with Gasteiger partial charge in [-0.05, 0) is 34.2 Å². The predicted octanol–water partition coefficient (Wildman–Crippen LogP) is 3.47. The summed E-state index contributed by atoms with van der Waals surface area (Å²) in [5.74, 6) is 1.41. The number of ether oxygens (including phenoxy) is 1. The summed E-state index contributed by atoms with van der Waals surface area (Å²) in [5.41, 5.74) is -0.121. The molecule has 2 unspecified atom stereocenters. The molecule has 0 aliphatic heterocycles. The van der Waals surface area contributed by atoms with Crippen LogP contribution in [-0.4, -0.2) is 15.0 Å². The van der Waals surface area contributed by atoms with Crippen LogP contribution < -0.4 is 0 Å². The van der Waals surface area contributed by atoms with E-state index >= 15 is 0 Å². The number of nitro groups is 1. The van der Waals surface area contributed by atoms with Crippen molar-refractivity contribution in [3.8, 4) is 12.3 Å². The van der Waals surface area contributed by atoms with Gasteiger partial charge in [0, 0.05) is 6.07 Å². The Morgan fingerprint density at radius 2 is 2.21 bits per heavy atom. The van der Waals surface area contributed by atoms with Gasteiger partial charge in [-0.1, -0.05) is 23.6 Å². The van der Waals surface area contributed by atoms with Crippen molar-refractivity contribution in [2.24, 2.45) is 0 Å². The zero-order valence-corrected chi connectivity index (χ0v) is 12.8. The second kappa shape index (κ2) is 6.93. The number of rotatable bonds is 4. The van der Waals surface area contributed by atoms with Crippen molar-refractivity contribution in [1.29, 1.82) is 0 Å². The summed E-state index contributed by atoms with van der Waals surface area (Å²) in [7, 11) is 0. The topological polar surface area (TPSA) is 69.4 Å². The number of hydrogen-bond donors (Lipinski definition) is 0. The van der Waals surface area contributed by atoms with Gasteiger partial charge < -0.3 is 4.74 Å². The molecule has 0 N–H and O–H groups in total. The summed E-state index contributed by atoms with van der Waals surface area (Å²) >= 11 is 13.3. The Kier molecular flexibility index (Phi) is 5.85.